The Morgan fingerprint density at radius 1 is 0.667 bits per heavy atom. The van der Waals surface area contributed by atoms with Gasteiger partial charge in [0.25, 0.3) is 0 Å². The van der Waals surface area contributed by atoms with Crippen LogP contribution in [0.3, 0.4) is 0 Å². The lowest BCUT2D eigenvalue weighted by Crippen LogP contribution is -2.10. The highest BCUT2D eigenvalue weighted by molar-refractivity contribution is 4.28. The zero-order valence-corrected chi connectivity index (χ0v) is 7.07. The van der Waals surface area contributed by atoms with Gasteiger partial charge in [-0.1, -0.05) is 0 Å². The fourth-order valence-electron chi connectivity index (χ4n) is 0.526. The van der Waals surface area contributed by atoms with Gasteiger partial charge in [0.15, 0.2) is 0 Å². The van der Waals surface area contributed by atoms with Crippen molar-refractivity contribution in [3.8, 4) is 0 Å². The molecule has 0 rings (SSSR count). The summed E-state index contributed by atoms with van der Waals surface area (Å²) >= 11 is 0. The van der Waals surface area contributed by atoms with Crippen LogP contribution < -0.4 is 0 Å². The summed E-state index contributed by atoms with van der Waals surface area (Å²) in [6, 6.07) is 0. The van der Waals surface area contributed by atoms with Crippen molar-refractivity contribution in [3.05, 3.63) is 0 Å². The van der Waals surface area contributed by atoms with Crippen molar-refractivity contribution in [3.63, 3.8) is 0 Å². The Kier molecular flexibility index (Phi) is 10.6. The SMILES string of the molecule is OCCOCCOCOCCO. The highest BCUT2D eigenvalue weighted by Gasteiger charge is 1.88. The van der Waals surface area contributed by atoms with Crippen LogP contribution in [-0.2, 0) is 14.2 Å². The maximum Gasteiger partial charge on any atom is 0.146 e. The predicted molar refractivity (Wildman–Crippen MR) is 41.8 cm³/mol. The molecule has 0 heterocycles. The molecule has 2 N–H and O–H groups in total. The summed E-state index contributed by atoms with van der Waals surface area (Å²) in [7, 11) is 0. The molecule has 0 spiro atoms. The highest BCUT2D eigenvalue weighted by atomic mass is 16.7. The number of aliphatic hydroxyl groups is 2. The summed E-state index contributed by atoms with van der Waals surface area (Å²) in [5.74, 6) is 0. The Labute approximate surface area is 71.9 Å². The average molecular weight is 180 g/mol. The lowest BCUT2D eigenvalue weighted by Gasteiger charge is -2.04. The molecule has 0 aliphatic heterocycles. The van der Waals surface area contributed by atoms with E-state index in [1.165, 1.54) is 0 Å². The first-order chi connectivity index (χ1) is 5.91. The minimum absolute atomic E-state index is 0.00434. The monoisotopic (exact) mass is 180 g/mol. The first-order valence-electron chi connectivity index (χ1n) is 3.86. The van der Waals surface area contributed by atoms with Gasteiger partial charge in [0.2, 0.25) is 0 Å². The fourth-order valence-corrected chi connectivity index (χ4v) is 0.526. The second-order valence-electron chi connectivity index (χ2n) is 1.99. The van der Waals surface area contributed by atoms with Crippen LogP contribution in [0.5, 0.6) is 0 Å². The molecule has 0 bridgehead atoms. The van der Waals surface area contributed by atoms with Gasteiger partial charge in [-0.2, -0.15) is 0 Å². The van der Waals surface area contributed by atoms with Crippen molar-refractivity contribution in [1.82, 2.24) is 0 Å². The molecule has 0 atom stereocenters. The van der Waals surface area contributed by atoms with E-state index in [2.05, 4.69) is 0 Å². The van der Waals surface area contributed by atoms with Gasteiger partial charge in [-0.25, -0.2) is 0 Å². The lowest BCUT2D eigenvalue weighted by molar-refractivity contribution is -0.0772. The zero-order valence-electron chi connectivity index (χ0n) is 7.07. The van der Waals surface area contributed by atoms with Crippen LogP contribution in [-0.4, -0.2) is 56.6 Å². The summed E-state index contributed by atoms with van der Waals surface area (Å²) in [5.41, 5.74) is 0. The summed E-state index contributed by atoms with van der Waals surface area (Å²) in [5, 5.41) is 16.6. The van der Waals surface area contributed by atoms with Crippen LogP contribution in [0.4, 0.5) is 0 Å². The van der Waals surface area contributed by atoms with E-state index in [0.29, 0.717) is 19.8 Å². The summed E-state index contributed by atoms with van der Waals surface area (Å²) < 4.78 is 14.7. The number of ether oxygens (including phenoxy) is 3. The molecule has 0 aliphatic carbocycles. The molecule has 0 unspecified atom stereocenters. The normalized spacial score (nSPS) is 10.5. The largest absolute Gasteiger partial charge is 0.394 e. The van der Waals surface area contributed by atoms with E-state index in [0.717, 1.165) is 0 Å². The first kappa shape index (κ1) is 11.8. The molecule has 0 aromatic heterocycles. The molecule has 0 saturated carbocycles. The van der Waals surface area contributed by atoms with Crippen LogP contribution in [0.25, 0.3) is 0 Å². The molecule has 0 saturated heterocycles. The molecule has 0 fully saturated rings. The molecule has 5 heteroatoms. The molecule has 0 amide bonds. The van der Waals surface area contributed by atoms with E-state index in [9.17, 15) is 0 Å². The summed E-state index contributed by atoms with van der Waals surface area (Å²) in [4.78, 5) is 0. The van der Waals surface area contributed by atoms with Crippen molar-refractivity contribution < 1.29 is 24.4 Å². The minimum atomic E-state index is 0.00434. The Morgan fingerprint density at radius 2 is 1.17 bits per heavy atom. The number of hydrogen-bond acceptors (Lipinski definition) is 5. The van der Waals surface area contributed by atoms with Gasteiger partial charge in [-0.15, -0.1) is 0 Å². The van der Waals surface area contributed by atoms with Crippen LogP contribution in [0.2, 0.25) is 0 Å². The van der Waals surface area contributed by atoms with Crippen molar-refractivity contribution in [2.45, 2.75) is 0 Å². The van der Waals surface area contributed by atoms with E-state index >= 15 is 0 Å². The van der Waals surface area contributed by atoms with Gasteiger partial charge >= 0.3 is 0 Å². The van der Waals surface area contributed by atoms with Gasteiger partial charge in [0.05, 0.1) is 39.6 Å². The van der Waals surface area contributed by atoms with Gasteiger partial charge in [-0.3, -0.25) is 0 Å². The van der Waals surface area contributed by atoms with Crippen molar-refractivity contribution in [2.75, 3.05) is 46.4 Å². The average Bonchev–Trinajstić information content (AvgIpc) is 2.10. The topological polar surface area (TPSA) is 68.2 Å². The van der Waals surface area contributed by atoms with E-state index < -0.39 is 0 Å². The molecule has 0 aromatic rings. The third-order valence-electron chi connectivity index (χ3n) is 1.01. The van der Waals surface area contributed by atoms with E-state index in [1.54, 1.807) is 0 Å². The van der Waals surface area contributed by atoms with E-state index in [4.69, 9.17) is 24.4 Å². The molecule has 5 nitrogen and oxygen atoms in total. The Morgan fingerprint density at radius 3 is 1.83 bits per heavy atom. The van der Waals surface area contributed by atoms with Crippen LogP contribution >= 0.6 is 0 Å². The third kappa shape index (κ3) is 9.80. The molecule has 74 valence electrons. The zero-order chi connectivity index (χ0) is 9.07. The number of rotatable bonds is 9. The first-order valence-corrected chi connectivity index (χ1v) is 3.86. The van der Waals surface area contributed by atoms with Crippen LogP contribution in [0.15, 0.2) is 0 Å². The Bertz CT molecular complexity index is 68.2. The molecular formula is C7H16O5. The quantitative estimate of drug-likeness (QED) is 0.351. The van der Waals surface area contributed by atoms with Gasteiger partial charge in [-0.05, 0) is 0 Å². The van der Waals surface area contributed by atoms with Crippen LogP contribution in [0.1, 0.15) is 0 Å². The molecular weight excluding hydrogens is 164 g/mol. The van der Waals surface area contributed by atoms with Crippen molar-refractivity contribution >= 4 is 0 Å². The fraction of sp³-hybridized carbons (Fsp3) is 1.00. The van der Waals surface area contributed by atoms with E-state index in [-0.39, 0.29) is 26.6 Å². The minimum Gasteiger partial charge on any atom is -0.394 e. The second kappa shape index (κ2) is 10.8. The Hall–Kier alpha value is -0.200. The Balaban J connectivity index is 2.73. The molecule has 0 aromatic carbocycles. The molecule has 0 radical (unpaired) electrons. The molecule has 12 heavy (non-hydrogen) atoms. The smallest absolute Gasteiger partial charge is 0.146 e. The van der Waals surface area contributed by atoms with E-state index in [1.807, 2.05) is 0 Å². The standard InChI is InChI=1S/C7H16O5/c8-1-3-10-5-6-12-7-11-4-2-9/h8-9H,1-7H2. The summed E-state index contributed by atoms with van der Waals surface area (Å²) in [6.07, 6.45) is 0. The van der Waals surface area contributed by atoms with Gasteiger partial charge < -0.3 is 24.4 Å². The third-order valence-corrected chi connectivity index (χ3v) is 1.01. The number of aliphatic hydroxyl groups excluding tert-OH is 2. The maximum absolute atomic E-state index is 8.32. The van der Waals surface area contributed by atoms with Gasteiger partial charge in [0, 0.05) is 0 Å². The van der Waals surface area contributed by atoms with Crippen molar-refractivity contribution in [2.24, 2.45) is 0 Å². The van der Waals surface area contributed by atoms with Crippen LogP contribution in [0, 0.1) is 0 Å². The molecule has 0 aliphatic rings. The van der Waals surface area contributed by atoms with Gasteiger partial charge in [0.1, 0.15) is 6.79 Å². The summed E-state index contributed by atoms with van der Waals surface area (Å²) in [6.45, 7) is 1.71. The maximum atomic E-state index is 8.32. The number of hydrogen-bond donors (Lipinski definition) is 2. The highest BCUT2D eigenvalue weighted by Crippen LogP contribution is 1.80. The lowest BCUT2D eigenvalue weighted by atomic mass is 10.7. The predicted octanol–water partition coefficient (Wildman–Crippen LogP) is -1.02. The van der Waals surface area contributed by atoms with Crippen molar-refractivity contribution in [1.29, 1.82) is 0 Å². The second-order valence-corrected chi connectivity index (χ2v) is 1.99.